The zero-order chi connectivity index (χ0) is 21.9. The summed E-state index contributed by atoms with van der Waals surface area (Å²) >= 11 is 0. The number of aromatic nitrogens is 3. The van der Waals surface area contributed by atoms with Crippen molar-refractivity contribution in [2.75, 3.05) is 12.3 Å². The van der Waals surface area contributed by atoms with Crippen molar-refractivity contribution in [3.63, 3.8) is 0 Å². The third kappa shape index (κ3) is 5.48. The van der Waals surface area contributed by atoms with Crippen LogP contribution < -0.4 is 22.0 Å². The van der Waals surface area contributed by atoms with E-state index in [0.29, 0.717) is 12.4 Å². The highest BCUT2D eigenvalue weighted by Gasteiger charge is 2.15. The average Bonchev–Trinajstić information content (AvgIpc) is 2.97. The lowest BCUT2D eigenvalue weighted by molar-refractivity contribution is 0.696. The highest BCUT2D eigenvalue weighted by Crippen LogP contribution is 2.19. The van der Waals surface area contributed by atoms with Crippen LogP contribution in [-0.2, 0) is 13.0 Å². The van der Waals surface area contributed by atoms with E-state index >= 15 is 0 Å². The van der Waals surface area contributed by atoms with Gasteiger partial charge in [0.25, 0.3) is 0 Å². The first-order valence-electron chi connectivity index (χ1n) is 11.2. The molecule has 0 fully saturated rings. The molecule has 5 nitrogen and oxygen atoms in total. The van der Waals surface area contributed by atoms with Gasteiger partial charge in [0.2, 0.25) is 0 Å². The van der Waals surface area contributed by atoms with Crippen LogP contribution in [0.2, 0.25) is 0 Å². The highest BCUT2D eigenvalue weighted by atomic mass is 15.1. The van der Waals surface area contributed by atoms with Gasteiger partial charge in [-0.1, -0.05) is 70.2 Å². The minimum atomic E-state index is 0.490. The number of hydrogen-bond acceptors (Lipinski definition) is 4. The molecule has 0 saturated carbocycles. The lowest BCUT2D eigenvalue weighted by atomic mass is 10.2. The van der Waals surface area contributed by atoms with Crippen LogP contribution in [0.25, 0.3) is 23.2 Å². The molecule has 30 heavy (non-hydrogen) atoms. The molecule has 1 aliphatic rings. The molecule has 1 aliphatic carbocycles. The van der Waals surface area contributed by atoms with Crippen LogP contribution in [0.4, 0.5) is 5.82 Å². The first-order chi connectivity index (χ1) is 14.7. The molecule has 0 saturated heterocycles. The zero-order valence-electron chi connectivity index (χ0n) is 18.8. The molecule has 2 heterocycles. The molecule has 3 rings (SSSR count). The van der Waals surface area contributed by atoms with E-state index in [1.165, 1.54) is 5.22 Å². The molecule has 0 radical (unpaired) electrons. The number of rotatable bonds is 8. The fourth-order valence-electron chi connectivity index (χ4n) is 3.57. The lowest BCUT2D eigenvalue weighted by Gasteiger charge is -2.07. The van der Waals surface area contributed by atoms with Crippen LogP contribution >= 0.6 is 0 Å². The van der Waals surface area contributed by atoms with Gasteiger partial charge < -0.3 is 16.0 Å². The molecule has 0 atom stereocenters. The van der Waals surface area contributed by atoms with Crippen LogP contribution in [0.5, 0.6) is 0 Å². The van der Waals surface area contributed by atoms with E-state index in [0.717, 1.165) is 72.8 Å². The number of allylic oxidation sites excluding steroid dienone is 3. The molecule has 0 aromatic carbocycles. The van der Waals surface area contributed by atoms with E-state index in [2.05, 4.69) is 41.3 Å². The van der Waals surface area contributed by atoms with Gasteiger partial charge in [0, 0.05) is 24.7 Å². The number of unbranched alkanes of at least 4 members (excludes halogenated alkanes) is 1. The number of pyridine rings is 1. The molecule has 0 aliphatic heterocycles. The minimum Gasteiger partial charge on any atom is -0.382 e. The number of aryl methyl sites for hydroxylation is 1. The summed E-state index contributed by atoms with van der Waals surface area (Å²) in [5, 5.41) is 2.17. The third-order valence-electron chi connectivity index (χ3n) is 5.14. The largest absolute Gasteiger partial charge is 0.382 e. The molecule has 0 unspecified atom stereocenters. The van der Waals surface area contributed by atoms with E-state index in [-0.39, 0.29) is 0 Å². The lowest BCUT2D eigenvalue weighted by Crippen LogP contribution is -2.31. The molecule has 162 valence electrons. The summed E-state index contributed by atoms with van der Waals surface area (Å²) in [4.78, 5) is 9.53. The van der Waals surface area contributed by atoms with Crippen molar-refractivity contribution in [1.82, 2.24) is 14.5 Å². The van der Waals surface area contributed by atoms with Crippen molar-refractivity contribution in [3.8, 4) is 0 Å². The molecule has 4 N–H and O–H groups in total. The summed E-state index contributed by atoms with van der Waals surface area (Å²) in [5.41, 5.74) is 15.0. The molecular weight excluding hydrogens is 370 g/mol. The number of anilines is 1. The van der Waals surface area contributed by atoms with Gasteiger partial charge in [-0.15, -0.1) is 0 Å². The third-order valence-corrected chi connectivity index (χ3v) is 5.14. The second kappa shape index (κ2) is 12.1. The standard InChI is InChI=1S/C23H31N5.C2H6/c1-3-5-14-20-27-21-22(28(20)15-10-9-11-17(4-2)16-24)18-12-7-6-8-13-19(18)26-23(21)25;1-2/h4,9-13H,2-3,5-8,14-16,24H2,1H3,(H2,25,26);1-2H3/b10-9+,17-11+;. The van der Waals surface area contributed by atoms with Crippen molar-refractivity contribution < 1.29 is 0 Å². The van der Waals surface area contributed by atoms with Crippen molar-refractivity contribution in [3.05, 3.63) is 52.8 Å². The number of imidazole rings is 1. The van der Waals surface area contributed by atoms with Crippen molar-refractivity contribution in [1.29, 1.82) is 0 Å². The zero-order valence-corrected chi connectivity index (χ0v) is 18.8. The normalized spacial score (nSPS) is 13.8. The summed E-state index contributed by atoms with van der Waals surface area (Å²) in [5.74, 6) is 1.60. The molecule has 0 amide bonds. The Labute approximate surface area is 180 Å². The maximum absolute atomic E-state index is 6.30. The van der Waals surface area contributed by atoms with Gasteiger partial charge in [-0.2, -0.15) is 0 Å². The van der Waals surface area contributed by atoms with E-state index in [1.807, 2.05) is 26.0 Å². The Morgan fingerprint density at radius 2 is 2.00 bits per heavy atom. The van der Waals surface area contributed by atoms with Gasteiger partial charge in [0.15, 0.2) is 5.82 Å². The fourth-order valence-corrected chi connectivity index (χ4v) is 3.57. The van der Waals surface area contributed by atoms with E-state index in [9.17, 15) is 0 Å². The summed E-state index contributed by atoms with van der Waals surface area (Å²) in [7, 11) is 0. The van der Waals surface area contributed by atoms with Gasteiger partial charge in [-0.3, -0.25) is 0 Å². The Balaban J connectivity index is 0.00000155. The van der Waals surface area contributed by atoms with Crippen molar-refractivity contribution >= 4 is 29.0 Å². The number of hydrogen-bond donors (Lipinski definition) is 2. The SMILES string of the molecule is C=C/C(=C\C=C\Cn1c(CCCC)nc2c(N)nc3c(c21)=CCCCC=3)CN.CC. The first kappa shape index (κ1) is 23.6. The Bertz CT molecular complexity index is 1020. The van der Waals surface area contributed by atoms with E-state index in [1.54, 1.807) is 6.08 Å². The Morgan fingerprint density at radius 3 is 2.70 bits per heavy atom. The summed E-state index contributed by atoms with van der Waals surface area (Å²) < 4.78 is 2.30. The van der Waals surface area contributed by atoms with Crippen molar-refractivity contribution in [2.45, 2.75) is 65.8 Å². The molecule has 2 aromatic rings. The van der Waals surface area contributed by atoms with Crippen LogP contribution in [0.15, 0.2) is 36.5 Å². The summed E-state index contributed by atoms with van der Waals surface area (Å²) in [6.45, 7) is 11.2. The Morgan fingerprint density at radius 1 is 1.23 bits per heavy atom. The highest BCUT2D eigenvalue weighted by molar-refractivity contribution is 5.86. The van der Waals surface area contributed by atoms with E-state index < -0.39 is 0 Å². The fraction of sp³-hybridized carbons (Fsp3) is 0.440. The van der Waals surface area contributed by atoms with Crippen LogP contribution in [-0.4, -0.2) is 21.1 Å². The quantitative estimate of drug-likeness (QED) is 0.653. The molecule has 0 bridgehead atoms. The molecule has 2 aromatic heterocycles. The van der Waals surface area contributed by atoms with Gasteiger partial charge in [0.05, 0.1) is 10.9 Å². The monoisotopic (exact) mass is 407 g/mol. The molecule has 5 heteroatoms. The van der Waals surface area contributed by atoms with Gasteiger partial charge >= 0.3 is 0 Å². The molecular formula is C25H37N5. The summed E-state index contributed by atoms with van der Waals surface area (Å²) in [6.07, 6.45) is 18.9. The van der Waals surface area contributed by atoms with Gasteiger partial charge in [0.1, 0.15) is 11.3 Å². The average molecular weight is 408 g/mol. The maximum atomic E-state index is 6.30. The van der Waals surface area contributed by atoms with Crippen LogP contribution in [0.3, 0.4) is 0 Å². The number of nitrogens with two attached hydrogens (primary N) is 2. The Hall–Kier alpha value is -2.66. The maximum Gasteiger partial charge on any atom is 0.152 e. The molecule has 0 spiro atoms. The van der Waals surface area contributed by atoms with Crippen LogP contribution in [0, 0.1) is 0 Å². The van der Waals surface area contributed by atoms with Gasteiger partial charge in [-0.05, 0) is 31.3 Å². The predicted octanol–water partition coefficient (Wildman–Crippen LogP) is 3.75. The second-order valence-electron chi connectivity index (χ2n) is 7.15. The van der Waals surface area contributed by atoms with E-state index in [4.69, 9.17) is 16.5 Å². The Kier molecular flexibility index (Phi) is 9.55. The number of nitrogens with zero attached hydrogens (tertiary/aromatic N) is 3. The summed E-state index contributed by atoms with van der Waals surface area (Å²) in [6, 6.07) is 0. The minimum absolute atomic E-state index is 0.490. The number of fused-ring (bicyclic) bond motifs is 3. The predicted molar refractivity (Wildman–Crippen MR) is 130 cm³/mol. The van der Waals surface area contributed by atoms with Crippen molar-refractivity contribution in [2.24, 2.45) is 5.73 Å². The second-order valence-corrected chi connectivity index (χ2v) is 7.15. The first-order valence-corrected chi connectivity index (χ1v) is 11.2. The topological polar surface area (TPSA) is 82.8 Å². The number of nitrogen functional groups attached to an aromatic ring is 1. The van der Waals surface area contributed by atoms with Gasteiger partial charge in [-0.25, -0.2) is 9.97 Å². The van der Waals surface area contributed by atoms with Crippen LogP contribution in [0.1, 0.15) is 58.7 Å². The smallest absolute Gasteiger partial charge is 0.152 e.